The van der Waals surface area contributed by atoms with Crippen molar-refractivity contribution in [2.24, 2.45) is 0 Å². The maximum absolute atomic E-state index is 9.18. The molecule has 0 bridgehead atoms. The molecule has 2 atom stereocenters. The molecule has 0 heterocycles. The maximum Gasteiger partial charge on any atom is 0.0821 e. The van der Waals surface area contributed by atoms with Crippen LogP contribution >= 0.6 is 0 Å². The summed E-state index contributed by atoms with van der Waals surface area (Å²) in [5.41, 5.74) is 0. The van der Waals surface area contributed by atoms with Gasteiger partial charge < -0.3 is 20.6 Å². The lowest BCUT2D eigenvalue weighted by atomic mass is 10.1. The van der Waals surface area contributed by atoms with Crippen LogP contribution in [-0.2, 0) is 0 Å². The third-order valence-corrected chi connectivity index (χ3v) is 1.56. The summed E-state index contributed by atoms with van der Waals surface area (Å²) in [6.07, 6.45) is -0.773. The molecule has 4 nitrogen and oxygen atoms in total. The van der Waals surface area contributed by atoms with Gasteiger partial charge in [0.25, 0.3) is 0 Å². The number of aliphatic hydroxyl groups is 3. The van der Waals surface area contributed by atoms with Crippen molar-refractivity contribution in [2.45, 2.75) is 25.0 Å². The average Bonchev–Trinajstić information content (AvgIpc) is 2.00. The molecular weight excluding hydrogens is 146 g/mol. The van der Waals surface area contributed by atoms with Crippen molar-refractivity contribution in [3.05, 3.63) is 0 Å². The number of aliphatic hydroxyl groups excluding tert-OH is 3. The van der Waals surface area contributed by atoms with Crippen molar-refractivity contribution >= 4 is 0 Å². The van der Waals surface area contributed by atoms with Crippen LogP contribution in [0.25, 0.3) is 0 Å². The molecule has 0 fully saturated rings. The summed E-state index contributed by atoms with van der Waals surface area (Å²) in [5.74, 6) is 0. The molecule has 0 spiro atoms. The van der Waals surface area contributed by atoms with Gasteiger partial charge in [0.2, 0.25) is 0 Å². The third kappa shape index (κ3) is 5.15. The summed E-state index contributed by atoms with van der Waals surface area (Å²) in [4.78, 5) is 0. The van der Waals surface area contributed by atoms with Crippen LogP contribution in [0.2, 0.25) is 0 Å². The van der Waals surface area contributed by atoms with Gasteiger partial charge in [-0.2, -0.15) is 0 Å². The number of rotatable bonds is 6. The zero-order valence-electron chi connectivity index (χ0n) is 6.82. The van der Waals surface area contributed by atoms with Crippen LogP contribution in [-0.4, -0.2) is 47.7 Å². The lowest BCUT2D eigenvalue weighted by Gasteiger charge is -2.15. The van der Waals surface area contributed by atoms with Crippen LogP contribution < -0.4 is 5.32 Å². The molecule has 0 aromatic rings. The van der Waals surface area contributed by atoms with Crippen LogP contribution in [0.15, 0.2) is 0 Å². The van der Waals surface area contributed by atoms with E-state index in [1.54, 1.807) is 7.05 Å². The first kappa shape index (κ1) is 10.8. The van der Waals surface area contributed by atoms with Gasteiger partial charge in [0.1, 0.15) is 0 Å². The molecule has 0 radical (unpaired) electrons. The van der Waals surface area contributed by atoms with E-state index in [1.165, 1.54) is 0 Å². The predicted molar refractivity (Wildman–Crippen MR) is 42.3 cm³/mol. The smallest absolute Gasteiger partial charge is 0.0821 e. The quantitative estimate of drug-likeness (QED) is 0.393. The van der Waals surface area contributed by atoms with Crippen LogP contribution in [0.4, 0.5) is 0 Å². The Morgan fingerprint density at radius 3 is 2.18 bits per heavy atom. The van der Waals surface area contributed by atoms with Crippen molar-refractivity contribution < 1.29 is 15.3 Å². The van der Waals surface area contributed by atoms with Crippen molar-refractivity contribution in [1.29, 1.82) is 0 Å². The molecule has 68 valence electrons. The van der Waals surface area contributed by atoms with Crippen LogP contribution in [0.5, 0.6) is 0 Å². The molecule has 0 aliphatic heterocycles. The van der Waals surface area contributed by atoms with Gasteiger partial charge in [-0.15, -0.1) is 0 Å². The number of hydrogen-bond donors (Lipinski definition) is 4. The number of nitrogens with one attached hydrogen (secondary N) is 1. The molecule has 0 aromatic heterocycles. The van der Waals surface area contributed by atoms with E-state index in [0.717, 1.165) is 0 Å². The topological polar surface area (TPSA) is 72.7 Å². The minimum absolute atomic E-state index is 0.0855. The summed E-state index contributed by atoms with van der Waals surface area (Å²) in [5, 5.41) is 29.6. The van der Waals surface area contributed by atoms with Crippen LogP contribution in [0.1, 0.15) is 12.8 Å². The monoisotopic (exact) mass is 163 g/mol. The first-order valence-electron chi connectivity index (χ1n) is 3.84. The fourth-order valence-electron chi connectivity index (χ4n) is 0.809. The molecule has 11 heavy (non-hydrogen) atoms. The second-order valence-electron chi connectivity index (χ2n) is 2.54. The van der Waals surface area contributed by atoms with Crippen LogP contribution in [0, 0.1) is 0 Å². The molecule has 4 heteroatoms. The lowest BCUT2D eigenvalue weighted by molar-refractivity contribution is 0.00170. The second-order valence-corrected chi connectivity index (χ2v) is 2.54. The molecule has 0 saturated heterocycles. The van der Waals surface area contributed by atoms with Crippen LogP contribution in [0.3, 0.4) is 0 Å². The van der Waals surface area contributed by atoms with Gasteiger partial charge in [0, 0.05) is 6.61 Å². The number of hydrogen-bond acceptors (Lipinski definition) is 4. The Labute approximate surface area is 66.9 Å². The first-order valence-corrected chi connectivity index (χ1v) is 3.84. The predicted octanol–water partition coefficient (Wildman–Crippen LogP) is -1.30. The Kier molecular flexibility index (Phi) is 6.45. The molecule has 0 aliphatic rings. The molecule has 0 saturated carbocycles. The molecule has 0 aromatic carbocycles. The van der Waals surface area contributed by atoms with Crippen molar-refractivity contribution in [3.63, 3.8) is 0 Å². The van der Waals surface area contributed by atoms with E-state index in [9.17, 15) is 5.11 Å². The first-order chi connectivity index (χ1) is 5.22. The lowest BCUT2D eigenvalue weighted by Crippen LogP contribution is -2.29. The summed E-state index contributed by atoms with van der Waals surface area (Å²) >= 11 is 0. The Balaban J connectivity index is 3.38. The summed E-state index contributed by atoms with van der Waals surface area (Å²) < 4.78 is 0. The van der Waals surface area contributed by atoms with Crippen molar-refractivity contribution in [1.82, 2.24) is 5.32 Å². The Bertz CT molecular complexity index is 89.8. The largest absolute Gasteiger partial charge is 0.396 e. The minimum atomic E-state index is -0.798. The third-order valence-electron chi connectivity index (χ3n) is 1.56. The molecule has 0 aliphatic carbocycles. The second kappa shape index (κ2) is 6.54. The zero-order chi connectivity index (χ0) is 8.69. The molecule has 0 rings (SSSR count). The van der Waals surface area contributed by atoms with Crippen molar-refractivity contribution in [2.75, 3.05) is 20.2 Å². The highest BCUT2D eigenvalue weighted by molar-refractivity contribution is 4.67. The van der Waals surface area contributed by atoms with Gasteiger partial charge in [-0.3, -0.25) is 0 Å². The Hall–Kier alpha value is -0.160. The van der Waals surface area contributed by atoms with Gasteiger partial charge in [-0.25, -0.2) is 0 Å². The van der Waals surface area contributed by atoms with Gasteiger partial charge in [-0.05, 0) is 26.4 Å². The normalized spacial score (nSPS) is 16.4. The van der Waals surface area contributed by atoms with Crippen molar-refractivity contribution in [3.8, 4) is 0 Å². The van der Waals surface area contributed by atoms with Gasteiger partial charge in [-0.1, -0.05) is 0 Å². The highest BCUT2D eigenvalue weighted by Gasteiger charge is 2.14. The summed E-state index contributed by atoms with van der Waals surface area (Å²) in [6, 6.07) is 0. The highest BCUT2D eigenvalue weighted by Crippen LogP contribution is 2.01. The highest BCUT2D eigenvalue weighted by atomic mass is 16.3. The standard InChI is InChI=1S/C7H17NO3/c1-8-4-2-6(10)7(11)3-5-9/h6-11H,2-5H2,1H3. The fraction of sp³-hybridized carbons (Fsp3) is 1.00. The zero-order valence-corrected chi connectivity index (χ0v) is 6.82. The fourth-order valence-corrected chi connectivity index (χ4v) is 0.809. The van der Waals surface area contributed by atoms with Gasteiger partial charge in [0.05, 0.1) is 12.2 Å². The Morgan fingerprint density at radius 1 is 1.18 bits per heavy atom. The van der Waals surface area contributed by atoms with E-state index < -0.39 is 12.2 Å². The van der Waals surface area contributed by atoms with E-state index in [0.29, 0.717) is 13.0 Å². The average molecular weight is 163 g/mol. The Morgan fingerprint density at radius 2 is 1.73 bits per heavy atom. The molecular formula is C7H17NO3. The minimum Gasteiger partial charge on any atom is -0.396 e. The van der Waals surface area contributed by atoms with E-state index in [1.807, 2.05) is 0 Å². The molecule has 0 amide bonds. The SMILES string of the molecule is CNCCC(O)C(O)CCO. The molecule has 4 N–H and O–H groups in total. The summed E-state index contributed by atoms with van der Waals surface area (Å²) in [6.45, 7) is 0.585. The van der Waals surface area contributed by atoms with Gasteiger partial charge >= 0.3 is 0 Å². The van der Waals surface area contributed by atoms with E-state index in [4.69, 9.17) is 10.2 Å². The molecule has 2 unspecified atom stereocenters. The van der Waals surface area contributed by atoms with E-state index in [-0.39, 0.29) is 13.0 Å². The van der Waals surface area contributed by atoms with E-state index >= 15 is 0 Å². The summed E-state index contributed by atoms with van der Waals surface area (Å²) in [7, 11) is 1.78. The van der Waals surface area contributed by atoms with E-state index in [2.05, 4.69) is 5.32 Å². The maximum atomic E-state index is 9.18. The van der Waals surface area contributed by atoms with Gasteiger partial charge in [0.15, 0.2) is 0 Å².